The molecule has 9 heteroatoms. The second-order valence-electron chi connectivity index (χ2n) is 6.10. The molecular formula is C18H29IN4O3S. The monoisotopic (exact) mass is 508 g/mol. The van der Waals surface area contributed by atoms with Crippen LogP contribution in [0.1, 0.15) is 35.9 Å². The third-order valence-electron chi connectivity index (χ3n) is 4.22. The van der Waals surface area contributed by atoms with Gasteiger partial charge in [-0.25, -0.2) is 0 Å². The number of esters is 1. The van der Waals surface area contributed by atoms with Crippen molar-refractivity contribution in [3.8, 4) is 0 Å². The summed E-state index contributed by atoms with van der Waals surface area (Å²) in [4.78, 5) is 31.0. The topological polar surface area (TPSA) is 83.0 Å². The van der Waals surface area contributed by atoms with E-state index in [0.717, 1.165) is 36.6 Å². The van der Waals surface area contributed by atoms with Gasteiger partial charge in [-0.05, 0) is 37.6 Å². The zero-order valence-corrected chi connectivity index (χ0v) is 19.0. The molecule has 1 aliphatic heterocycles. The van der Waals surface area contributed by atoms with Crippen molar-refractivity contribution in [3.63, 3.8) is 0 Å². The van der Waals surface area contributed by atoms with E-state index in [2.05, 4.69) is 20.5 Å². The van der Waals surface area contributed by atoms with Gasteiger partial charge in [0.25, 0.3) is 5.91 Å². The van der Waals surface area contributed by atoms with Gasteiger partial charge >= 0.3 is 5.97 Å². The molecule has 1 atom stereocenters. The number of carbonyl (C=O) groups excluding carboxylic acids is 2. The summed E-state index contributed by atoms with van der Waals surface area (Å²) in [6.07, 6.45) is 2.60. The standard InChI is InChI=1S/C18H28N4O3S.HI/c1-3-25-17(24)14-7-4-11-22(13-14)18(19-2)21-10-6-9-20-16(23)15-8-5-12-26-15;/h5,8,12,14H,3-4,6-7,9-11,13H2,1-2H3,(H,19,21)(H,20,23);1H. The molecule has 0 saturated carbocycles. The number of nitrogens with one attached hydrogen (secondary N) is 2. The zero-order valence-electron chi connectivity index (χ0n) is 15.9. The number of thiophene rings is 1. The highest BCUT2D eigenvalue weighted by Crippen LogP contribution is 2.18. The fourth-order valence-corrected chi connectivity index (χ4v) is 3.58. The first-order valence-corrected chi connectivity index (χ1v) is 9.97. The summed E-state index contributed by atoms with van der Waals surface area (Å²) in [7, 11) is 1.74. The van der Waals surface area contributed by atoms with Crippen molar-refractivity contribution >= 4 is 53.1 Å². The number of amides is 1. The van der Waals surface area contributed by atoms with Gasteiger partial charge in [0.2, 0.25) is 0 Å². The van der Waals surface area contributed by atoms with Gasteiger partial charge in [0.15, 0.2) is 5.96 Å². The Morgan fingerprint density at radius 1 is 1.37 bits per heavy atom. The van der Waals surface area contributed by atoms with Crippen molar-refractivity contribution in [2.45, 2.75) is 26.2 Å². The second kappa shape index (κ2) is 12.9. The number of piperidine rings is 1. The van der Waals surface area contributed by atoms with Crippen LogP contribution in [0.2, 0.25) is 0 Å². The van der Waals surface area contributed by atoms with Crippen molar-refractivity contribution < 1.29 is 14.3 Å². The fourth-order valence-electron chi connectivity index (χ4n) is 2.94. The van der Waals surface area contributed by atoms with Crippen LogP contribution in [0.15, 0.2) is 22.5 Å². The minimum absolute atomic E-state index is 0. The lowest BCUT2D eigenvalue weighted by molar-refractivity contribution is -0.149. The van der Waals surface area contributed by atoms with Crippen molar-refractivity contribution in [3.05, 3.63) is 22.4 Å². The highest BCUT2D eigenvalue weighted by Gasteiger charge is 2.28. The van der Waals surface area contributed by atoms with E-state index in [-0.39, 0.29) is 41.8 Å². The number of aliphatic imine (C=N–C) groups is 1. The summed E-state index contributed by atoms with van der Waals surface area (Å²) in [6.45, 7) is 5.07. The van der Waals surface area contributed by atoms with E-state index in [0.29, 0.717) is 26.2 Å². The second-order valence-corrected chi connectivity index (χ2v) is 7.05. The van der Waals surface area contributed by atoms with E-state index in [4.69, 9.17) is 4.74 Å². The van der Waals surface area contributed by atoms with Crippen LogP contribution in [0.25, 0.3) is 0 Å². The number of hydrogen-bond donors (Lipinski definition) is 2. The molecule has 27 heavy (non-hydrogen) atoms. The maximum Gasteiger partial charge on any atom is 0.310 e. The predicted octanol–water partition coefficient (Wildman–Crippen LogP) is 2.34. The molecule has 2 heterocycles. The summed E-state index contributed by atoms with van der Waals surface area (Å²) in [6, 6.07) is 3.68. The molecule has 152 valence electrons. The van der Waals surface area contributed by atoms with Crippen LogP contribution < -0.4 is 10.6 Å². The van der Waals surface area contributed by atoms with Crippen molar-refractivity contribution in [1.29, 1.82) is 0 Å². The predicted molar refractivity (Wildman–Crippen MR) is 119 cm³/mol. The number of hydrogen-bond acceptors (Lipinski definition) is 5. The Hall–Kier alpha value is -1.36. The number of rotatable bonds is 7. The highest BCUT2D eigenvalue weighted by atomic mass is 127. The molecular weight excluding hydrogens is 479 g/mol. The summed E-state index contributed by atoms with van der Waals surface area (Å²) >= 11 is 1.44. The van der Waals surface area contributed by atoms with Gasteiger partial charge in [-0.2, -0.15) is 0 Å². The van der Waals surface area contributed by atoms with Crippen LogP contribution in [0.5, 0.6) is 0 Å². The van der Waals surface area contributed by atoms with Gasteiger partial charge in [-0.1, -0.05) is 6.07 Å². The van der Waals surface area contributed by atoms with Crippen LogP contribution in [0.3, 0.4) is 0 Å². The molecule has 1 aliphatic rings. The molecule has 0 aromatic carbocycles. The molecule has 0 bridgehead atoms. The molecule has 2 N–H and O–H groups in total. The maximum absolute atomic E-state index is 12.0. The lowest BCUT2D eigenvalue weighted by Crippen LogP contribution is -2.48. The SMILES string of the molecule is CCOC(=O)C1CCCN(C(=NC)NCCCNC(=O)c2cccs2)C1.I. The van der Waals surface area contributed by atoms with E-state index < -0.39 is 0 Å². The number of carbonyl (C=O) groups is 2. The van der Waals surface area contributed by atoms with Crippen molar-refractivity contribution in [2.24, 2.45) is 10.9 Å². The molecule has 0 radical (unpaired) electrons. The lowest BCUT2D eigenvalue weighted by atomic mass is 9.98. The van der Waals surface area contributed by atoms with Gasteiger partial charge in [0.05, 0.1) is 17.4 Å². The molecule has 1 saturated heterocycles. The van der Waals surface area contributed by atoms with Crippen LogP contribution in [-0.2, 0) is 9.53 Å². The van der Waals surface area contributed by atoms with Crippen LogP contribution >= 0.6 is 35.3 Å². The number of nitrogens with zero attached hydrogens (tertiary/aromatic N) is 2. The average Bonchev–Trinajstić information content (AvgIpc) is 3.19. The summed E-state index contributed by atoms with van der Waals surface area (Å²) < 4.78 is 5.14. The van der Waals surface area contributed by atoms with Crippen LogP contribution in [0.4, 0.5) is 0 Å². The minimum Gasteiger partial charge on any atom is -0.466 e. The first kappa shape index (κ1) is 23.7. The number of halogens is 1. The molecule has 7 nitrogen and oxygen atoms in total. The van der Waals surface area contributed by atoms with Gasteiger partial charge < -0.3 is 20.3 Å². The molecule has 0 spiro atoms. The molecule has 1 aromatic rings. The van der Waals surface area contributed by atoms with Crippen LogP contribution in [0, 0.1) is 5.92 Å². The van der Waals surface area contributed by atoms with E-state index in [9.17, 15) is 9.59 Å². The van der Waals surface area contributed by atoms with Crippen molar-refractivity contribution in [1.82, 2.24) is 15.5 Å². The third-order valence-corrected chi connectivity index (χ3v) is 5.09. The molecule has 0 aliphatic carbocycles. The highest BCUT2D eigenvalue weighted by molar-refractivity contribution is 14.0. The fraction of sp³-hybridized carbons (Fsp3) is 0.611. The Morgan fingerprint density at radius 3 is 2.81 bits per heavy atom. The number of likely N-dealkylation sites (tertiary alicyclic amines) is 1. The summed E-state index contributed by atoms with van der Waals surface area (Å²) in [5, 5.41) is 8.11. The Morgan fingerprint density at radius 2 is 2.15 bits per heavy atom. The van der Waals surface area contributed by atoms with E-state index in [1.807, 2.05) is 24.4 Å². The Kier molecular flexibility index (Phi) is 11.3. The molecule has 2 rings (SSSR count). The minimum atomic E-state index is -0.121. The number of guanidine groups is 1. The first-order chi connectivity index (χ1) is 12.7. The Balaban J connectivity index is 0.00000364. The van der Waals surface area contributed by atoms with Gasteiger partial charge in [0, 0.05) is 33.2 Å². The average molecular weight is 508 g/mol. The third kappa shape index (κ3) is 7.65. The number of ether oxygens (including phenoxy) is 1. The summed E-state index contributed by atoms with van der Waals surface area (Å²) in [5.74, 6) is 0.553. The molecule has 1 aromatic heterocycles. The van der Waals surface area contributed by atoms with Gasteiger partial charge in [-0.3, -0.25) is 14.6 Å². The molecule has 1 amide bonds. The molecule has 1 fully saturated rings. The largest absolute Gasteiger partial charge is 0.466 e. The zero-order chi connectivity index (χ0) is 18.8. The molecule has 1 unspecified atom stereocenters. The summed E-state index contributed by atoms with van der Waals surface area (Å²) in [5.41, 5.74) is 0. The smallest absolute Gasteiger partial charge is 0.310 e. The van der Waals surface area contributed by atoms with Gasteiger partial charge in [0.1, 0.15) is 0 Å². The van der Waals surface area contributed by atoms with Crippen LogP contribution in [-0.4, -0.2) is 62.6 Å². The van der Waals surface area contributed by atoms with E-state index >= 15 is 0 Å². The maximum atomic E-state index is 12.0. The quantitative estimate of drug-likeness (QED) is 0.194. The first-order valence-electron chi connectivity index (χ1n) is 9.09. The van der Waals surface area contributed by atoms with E-state index in [1.54, 1.807) is 7.05 Å². The Labute approximate surface area is 182 Å². The Bertz CT molecular complexity index is 610. The van der Waals surface area contributed by atoms with E-state index in [1.165, 1.54) is 11.3 Å². The van der Waals surface area contributed by atoms with Gasteiger partial charge in [-0.15, -0.1) is 35.3 Å². The lowest BCUT2D eigenvalue weighted by Gasteiger charge is -2.33. The normalized spacial score (nSPS) is 17.0. The van der Waals surface area contributed by atoms with Crippen molar-refractivity contribution in [2.75, 3.05) is 39.8 Å².